The number of fused-ring (bicyclic) bond motifs is 1. The highest BCUT2D eigenvalue weighted by molar-refractivity contribution is 6.05. The number of hydrogen-bond acceptors (Lipinski definition) is 3. The molecule has 2 aromatic rings. The van der Waals surface area contributed by atoms with Gasteiger partial charge in [-0.05, 0) is 39.2 Å². The van der Waals surface area contributed by atoms with E-state index in [-0.39, 0.29) is 11.9 Å². The van der Waals surface area contributed by atoms with Gasteiger partial charge < -0.3 is 5.32 Å². The van der Waals surface area contributed by atoms with E-state index in [9.17, 15) is 4.79 Å². The van der Waals surface area contributed by atoms with Gasteiger partial charge in [0, 0.05) is 24.2 Å². The minimum absolute atomic E-state index is 0.0190. The van der Waals surface area contributed by atoms with E-state index in [4.69, 9.17) is 4.98 Å². The van der Waals surface area contributed by atoms with Gasteiger partial charge in [0.15, 0.2) is 5.65 Å². The Bertz CT molecular complexity index is 670. The van der Waals surface area contributed by atoms with Crippen LogP contribution in [0.5, 0.6) is 0 Å². The molecule has 0 aliphatic heterocycles. The number of nitrogens with zero attached hydrogens (tertiary/aromatic N) is 3. The lowest BCUT2D eigenvalue weighted by Gasteiger charge is -2.10. The van der Waals surface area contributed by atoms with Crippen LogP contribution in [0, 0.1) is 0 Å². The third-order valence-electron chi connectivity index (χ3n) is 3.85. The maximum atomic E-state index is 12.4. The number of amides is 1. The molecule has 0 spiro atoms. The lowest BCUT2D eigenvalue weighted by atomic mass is 10.1. The van der Waals surface area contributed by atoms with E-state index in [1.165, 1.54) is 12.8 Å². The van der Waals surface area contributed by atoms with Crippen LogP contribution in [0.1, 0.15) is 68.0 Å². The molecule has 3 rings (SSSR count). The number of hydrogen-bond donors (Lipinski definition) is 1. The monoisotopic (exact) mass is 286 g/mol. The maximum absolute atomic E-state index is 12.4. The summed E-state index contributed by atoms with van der Waals surface area (Å²) in [4.78, 5) is 17.2. The fraction of sp³-hybridized carbons (Fsp3) is 0.562. The molecule has 2 aromatic heterocycles. The van der Waals surface area contributed by atoms with Crippen molar-refractivity contribution in [1.82, 2.24) is 20.1 Å². The van der Waals surface area contributed by atoms with Gasteiger partial charge in [-0.2, -0.15) is 5.10 Å². The van der Waals surface area contributed by atoms with Crippen LogP contribution in [0.4, 0.5) is 0 Å². The van der Waals surface area contributed by atoms with Crippen LogP contribution in [0.3, 0.4) is 0 Å². The van der Waals surface area contributed by atoms with Gasteiger partial charge in [-0.25, -0.2) is 9.67 Å². The van der Waals surface area contributed by atoms with Gasteiger partial charge in [0.1, 0.15) is 0 Å². The Kier molecular flexibility index (Phi) is 3.66. The van der Waals surface area contributed by atoms with Crippen LogP contribution < -0.4 is 5.32 Å². The number of carbonyl (C=O) groups is 1. The summed E-state index contributed by atoms with van der Waals surface area (Å²) in [5.41, 5.74) is 2.57. The van der Waals surface area contributed by atoms with Crippen molar-refractivity contribution in [2.45, 2.75) is 52.0 Å². The highest BCUT2D eigenvalue weighted by Crippen LogP contribution is 2.40. The molecule has 21 heavy (non-hydrogen) atoms. The van der Waals surface area contributed by atoms with Gasteiger partial charge in [0.05, 0.1) is 17.1 Å². The second kappa shape index (κ2) is 5.47. The Morgan fingerprint density at radius 2 is 2.24 bits per heavy atom. The highest BCUT2D eigenvalue weighted by Gasteiger charge is 2.28. The van der Waals surface area contributed by atoms with Gasteiger partial charge in [0.2, 0.25) is 0 Å². The van der Waals surface area contributed by atoms with Gasteiger partial charge in [-0.1, -0.05) is 6.92 Å². The molecule has 1 aliphatic rings. The van der Waals surface area contributed by atoms with Crippen molar-refractivity contribution in [3.63, 3.8) is 0 Å². The maximum Gasteiger partial charge on any atom is 0.252 e. The van der Waals surface area contributed by atoms with Gasteiger partial charge >= 0.3 is 0 Å². The topological polar surface area (TPSA) is 59.8 Å². The average Bonchev–Trinajstić information content (AvgIpc) is 3.22. The molecule has 0 radical (unpaired) electrons. The normalized spacial score (nSPS) is 14.9. The van der Waals surface area contributed by atoms with E-state index in [0.29, 0.717) is 18.0 Å². The van der Waals surface area contributed by atoms with Crippen molar-refractivity contribution in [1.29, 1.82) is 0 Å². The summed E-state index contributed by atoms with van der Waals surface area (Å²) in [6, 6.07) is 2.19. The Morgan fingerprint density at radius 3 is 2.86 bits per heavy atom. The predicted molar refractivity (Wildman–Crippen MR) is 82.5 cm³/mol. The zero-order valence-corrected chi connectivity index (χ0v) is 12.9. The Hall–Kier alpha value is -1.91. The summed E-state index contributed by atoms with van der Waals surface area (Å²) in [6.45, 7) is 6.90. The number of nitrogens with one attached hydrogen (secondary N) is 1. The summed E-state index contributed by atoms with van der Waals surface area (Å²) >= 11 is 0. The van der Waals surface area contributed by atoms with Crippen molar-refractivity contribution < 1.29 is 4.79 Å². The highest BCUT2D eigenvalue weighted by atomic mass is 16.1. The van der Waals surface area contributed by atoms with Gasteiger partial charge in [-0.15, -0.1) is 0 Å². The van der Waals surface area contributed by atoms with Crippen molar-refractivity contribution in [2.75, 3.05) is 6.54 Å². The first-order valence-corrected chi connectivity index (χ1v) is 7.78. The van der Waals surface area contributed by atoms with Crippen LogP contribution in [0.25, 0.3) is 11.0 Å². The Balaban J connectivity index is 2.10. The molecule has 1 amide bonds. The molecule has 0 unspecified atom stereocenters. The standard InChI is InChI=1S/C16H22N4O/c1-4-7-17-16(21)12-8-14(11-5-6-11)19-15-13(12)9-18-20(15)10(2)3/h8-11H,4-7H2,1-3H3,(H,17,21). The third-order valence-corrected chi connectivity index (χ3v) is 3.85. The number of rotatable bonds is 5. The quantitative estimate of drug-likeness (QED) is 0.919. The van der Waals surface area contributed by atoms with Crippen molar-refractivity contribution in [3.05, 3.63) is 23.5 Å². The summed E-state index contributed by atoms with van der Waals surface area (Å²) in [6.07, 6.45) is 5.04. The first-order chi connectivity index (χ1) is 10.1. The fourth-order valence-electron chi connectivity index (χ4n) is 2.53. The van der Waals surface area contributed by atoms with Gasteiger partial charge in [-0.3, -0.25) is 4.79 Å². The molecule has 1 N–H and O–H groups in total. The SMILES string of the molecule is CCCNC(=O)c1cc(C2CC2)nc2c1cnn2C(C)C. The molecule has 5 heteroatoms. The first-order valence-electron chi connectivity index (χ1n) is 7.78. The van der Waals surface area contributed by atoms with Crippen molar-refractivity contribution >= 4 is 16.9 Å². The molecule has 0 atom stereocenters. The Labute approximate surface area is 124 Å². The van der Waals surface area contributed by atoms with E-state index in [0.717, 1.165) is 23.1 Å². The predicted octanol–water partition coefficient (Wildman–Crippen LogP) is 3.03. The molecule has 112 valence electrons. The molecule has 1 fully saturated rings. The van der Waals surface area contributed by atoms with Gasteiger partial charge in [0.25, 0.3) is 5.91 Å². The molecule has 0 bridgehead atoms. The number of aromatic nitrogens is 3. The third kappa shape index (κ3) is 2.64. The zero-order valence-electron chi connectivity index (χ0n) is 12.9. The first kappa shape index (κ1) is 14.0. The van der Waals surface area contributed by atoms with Crippen molar-refractivity contribution in [3.8, 4) is 0 Å². The largest absolute Gasteiger partial charge is 0.352 e. The zero-order chi connectivity index (χ0) is 15.0. The second-order valence-corrected chi connectivity index (χ2v) is 6.05. The van der Waals surface area contributed by atoms with Crippen LogP contribution in [-0.2, 0) is 0 Å². The molecule has 5 nitrogen and oxygen atoms in total. The fourth-order valence-corrected chi connectivity index (χ4v) is 2.53. The van der Waals surface area contributed by atoms with Crippen LogP contribution in [0.2, 0.25) is 0 Å². The average molecular weight is 286 g/mol. The van der Waals surface area contributed by atoms with E-state index in [2.05, 4.69) is 31.2 Å². The molecular weight excluding hydrogens is 264 g/mol. The second-order valence-electron chi connectivity index (χ2n) is 6.05. The van der Waals surface area contributed by atoms with Crippen LogP contribution in [-0.4, -0.2) is 27.2 Å². The Morgan fingerprint density at radius 1 is 1.48 bits per heavy atom. The molecule has 1 saturated carbocycles. The van der Waals surface area contributed by atoms with Crippen LogP contribution >= 0.6 is 0 Å². The van der Waals surface area contributed by atoms with E-state index >= 15 is 0 Å². The number of carbonyl (C=O) groups excluding carboxylic acids is 1. The van der Waals surface area contributed by atoms with Crippen molar-refractivity contribution in [2.24, 2.45) is 0 Å². The lowest BCUT2D eigenvalue weighted by Crippen LogP contribution is -2.24. The van der Waals surface area contributed by atoms with E-state index < -0.39 is 0 Å². The summed E-state index contributed by atoms with van der Waals surface area (Å²) in [5, 5.41) is 8.22. The molecule has 0 aromatic carbocycles. The molecule has 2 heterocycles. The minimum atomic E-state index is -0.0190. The molecular formula is C16H22N4O. The van der Waals surface area contributed by atoms with E-state index in [1.807, 2.05) is 10.7 Å². The summed E-state index contributed by atoms with van der Waals surface area (Å²) in [7, 11) is 0. The summed E-state index contributed by atoms with van der Waals surface area (Å²) < 4.78 is 1.90. The summed E-state index contributed by atoms with van der Waals surface area (Å²) in [5.74, 6) is 0.497. The smallest absolute Gasteiger partial charge is 0.252 e. The molecule has 0 saturated heterocycles. The molecule has 1 aliphatic carbocycles. The lowest BCUT2D eigenvalue weighted by molar-refractivity contribution is 0.0955. The minimum Gasteiger partial charge on any atom is -0.352 e. The van der Waals surface area contributed by atoms with E-state index in [1.54, 1.807) is 6.20 Å². The van der Waals surface area contributed by atoms with Crippen LogP contribution in [0.15, 0.2) is 12.3 Å². The number of pyridine rings is 1.